The molecule has 0 spiro atoms. The summed E-state index contributed by atoms with van der Waals surface area (Å²) >= 11 is 13.7. The average Bonchev–Trinajstić information content (AvgIpc) is 3.37. The van der Waals surface area contributed by atoms with Gasteiger partial charge in [-0.05, 0) is 48.9 Å². The minimum absolute atomic E-state index is 0.0768. The van der Waals surface area contributed by atoms with Crippen molar-refractivity contribution in [2.75, 3.05) is 18.5 Å². The fourth-order valence-electron chi connectivity index (χ4n) is 3.99. The third-order valence-electron chi connectivity index (χ3n) is 5.82. The number of nitrogens with one attached hydrogen (secondary N) is 1. The summed E-state index contributed by atoms with van der Waals surface area (Å²) in [5.74, 6) is -1.28. The first kappa shape index (κ1) is 27.5. The molecule has 0 unspecified atom stereocenters. The molecule has 5 rings (SSSR count). The van der Waals surface area contributed by atoms with Crippen molar-refractivity contribution in [2.24, 2.45) is 0 Å². The third kappa shape index (κ3) is 5.74. The molecule has 0 bridgehead atoms. The zero-order chi connectivity index (χ0) is 28.2. The van der Waals surface area contributed by atoms with Crippen LogP contribution >= 0.6 is 34.5 Å². The number of esters is 1. The summed E-state index contributed by atoms with van der Waals surface area (Å²) in [7, 11) is 0. The fraction of sp³-hybridized carbons (Fsp3) is 0.100. The molecule has 0 aliphatic rings. The van der Waals surface area contributed by atoms with E-state index in [0.717, 1.165) is 10.4 Å². The Balaban J connectivity index is 1.46. The number of carbonyl (C=O) groups excluding carboxylic acids is 2. The van der Waals surface area contributed by atoms with Gasteiger partial charge in [-0.15, -0.1) is 11.3 Å². The van der Waals surface area contributed by atoms with Gasteiger partial charge in [-0.25, -0.2) is 4.79 Å². The van der Waals surface area contributed by atoms with Crippen LogP contribution in [0.5, 0.6) is 5.75 Å². The lowest BCUT2D eigenvalue weighted by Crippen LogP contribution is -2.23. The van der Waals surface area contributed by atoms with Gasteiger partial charge in [0.1, 0.15) is 10.6 Å². The molecular formula is C30H21Cl2NO6S. The minimum atomic E-state index is -0.595. The van der Waals surface area contributed by atoms with Crippen molar-refractivity contribution >= 4 is 62.4 Å². The number of anilines is 1. The zero-order valence-electron chi connectivity index (χ0n) is 21.0. The molecule has 10 heteroatoms. The maximum atomic E-state index is 13.5. The van der Waals surface area contributed by atoms with Gasteiger partial charge >= 0.3 is 5.97 Å². The van der Waals surface area contributed by atoms with E-state index < -0.39 is 23.9 Å². The highest BCUT2D eigenvalue weighted by Gasteiger charge is 2.23. The first-order chi connectivity index (χ1) is 19.4. The predicted octanol–water partition coefficient (Wildman–Crippen LogP) is 7.69. The van der Waals surface area contributed by atoms with Crippen molar-refractivity contribution in [1.82, 2.24) is 0 Å². The number of thiophene rings is 1. The lowest BCUT2D eigenvalue weighted by molar-refractivity contribution is -0.118. The van der Waals surface area contributed by atoms with Crippen LogP contribution < -0.4 is 15.5 Å². The third-order valence-corrected chi connectivity index (χ3v) is 7.48. The van der Waals surface area contributed by atoms with E-state index in [1.165, 1.54) is 17.4 Å². The molecule has 0 fully saturated rings. The first-order valence-electron chi connectivity index (χ1n) is 12.2. The molecule has 5 aromatic rings. The molecule has 0 aliphatic heterocycles. The lowest BCUT2D eigenvalue weighted by atomic mass is 10.1. The van der Waals surface area contributed by atoms with Gasteiger partial charge in [0.05, 0.1) is 22.6 Å². The number of halogens is 2. The fourth-order valence-corrected chi connectivity index (χ4v) is 5.45. The minimum Gasteiger partial charge on any atom is -0.476 e. The molecule has 0 atom stereocenters. The molecule has 202 valence electrons. The van der Waals surface area contributed by atoms with Crippen molar-refractivity contribution in [3.63, 3.8) is 0 Å². The van der Waals surface area contributed by atoms with Crippen LogP contribution in [0, 0.1) is 0 Å². The van der Waals surface area contributed by atoms with Crippen molar-refractivity contribution in [2.45, 2.75) is 6.92 Å². The number of rotatable bonds is 8. The second-order valence-electron chi connectivity index (χ2n) is 8.49. The zero-order valence-corrected chi connectivity index (χ0v) is 23.4. The number of fused-ring (bicyclic) bond motifs is 1. The lowest BCUT2D eigenvalue weighted by Gasteiger charge is -2.13. The Labute approximate surface area is 242 Å². The van der Waals surface area contributed by atoms with Crippen molar-refractivity contribution < 1.29 is 23.5 Å². The number of amides is 1. The molecule has 3 aromatic carbocycles. The van der Waals surface area contributed by atoms with E-state index in [-0.39, 0.29) is 34.6 Å². The van der Waals surface area contributed by atoms with Crippen LogP contribution in [-0.4, -0.2) is 25.1 Å². The summed E-state index contributed by atoms with van der Waals surface area (Å²) in [6.45, 7) is 1.33. The number of benzene rings is 3. The van der Waals surface area contributed by atoms with Gasteiger partial charge in [0.15, 0.2) is 12.4 Å². The Morgan fingerprint density at radius 3 is 2.48 bits per heavy atom. The van der Waals surface area contributed by atoms with Gasteiger partial charge < -0.3 is 19.2 Å². The highest BCUT2D eigenvalue weighted by atomic mass is 35.5. The van der Waals surface area contributed by atoms with Gasteiger partial charge in [0.2, 0.25) is 11.2 Å². The van der Waals surface area contributed by atoms with E-state index in [1.807, 2.05) is 30.3 Å². The number of hydrogen-bond donors (Lipinski definition) is 1. The van der Waals surface area contributed by atoms with E-state index in [1.54, 1.807) is 49.4 Å². The van der Waals surface area contributed by atoms with Crippen LogP contribution in [0.15, 0.2) is 88.1 Å². The van der Waals surface area contributed by atoms with E-state index in [4.69, 9.17) is 37.1 Å². The maximum Gasteiger partial charge on any atom is 0.341 e. The topological polar surface area (TPSA) is 94.8 Å². The molecule has 1 N–H and O–H groups in total. The van der Waals surface area contributed by atoms with E-state index >= 15 is 0 Å². The van der Waals surface area contributed by atoms with Crippen LogP contribution in [0.3, 0.4) is 0 Å². The molecule has 1 amide bonds. The largest absolute Gasteiger partial charge is 0.476 e. The molecule has 7 nitrogen and oxygen atoms in total. The first-order valence-corrected chi connectivity index (χ1v) is 13.7. The predicted molar refractivity (Wildman–Crippen MR) is 158 cm³/mol. The van der Waals surface area contributed by atoms with E-state index in [2.05, 4.69) is 5.32 Å². The summed E-state index contributed by atoms with van der Waals surface area (Å²) < 4.78 is 17.0. The Bertz CT molecular complexity index is 1780. The summed E-state index contributed by atoms with van der Waals surface area (Å²) in [5.41, 5.74) is 1.29. The average molecular weight is 594 g/mol. The van der Waals surface area contributed by atoms with Gasteiger partial charge in [-0.3, -0.25) is 9.59 Å². The Kier molecular flexibility index (Phi) is 8.21. The molecular weight excluding hydrogens is 573 g/mol. The van der Waals surface area contributed by atoms with Gasteiger partial charge in [0, 0.05) is 15.5 Å². The summed E-state index contributed by atoms with van der Waals surface area (Å²) in [6, 6.07) is 22.6. The van der Waals surface area contributed by atoms with Crippen LogP contribution in [0.2, 0.25) is 10.0 Å². The van der Waals surface area contributed by atoms with E-state index in [9.17, 15) is 14.4 Å². The number of ether oxygens (including phenoxy) is 2. The number of carbonyl (C=O) groups is 2. The summed E-state index contributed by atoms with van der Waals surface area (Å²) in [4.78, 5) is 39.9. The molecule has 0 radical (unpaired) electrons. The quantitative estimate of drug-likeness (QED) is 0.185. The van der Waals surface area contributed by atoms with Crippen LogP contribution in [-0.2, 0) is 9.53 Å². The molecule has 2 aromatic heterocycles. The Morgan fingerprint density at radius 2 is 1.73 bits per heavy atom. The van der Waals surface area contributed by atoms with Crippen LogP contribution in [0.1, 0.15) is 17.3 Å². The van der Waals surface area contributed by atoms with Crippen LogP contribution in [0.25, 0.3) is 32.7 Å². The molecule has 2 heterocycles. The Morgan fingerprint density at radius 1 is 0.975 bits per heavy atom. The van der Waals surface area contributed by atoms with E-state index in [0.29, 0.717) is 20.6 Å². The Hall–Kier alpha value is -4.11. The molecule has 0 saturated heterocycles. The summed E-state index contributed by atoms with van der Waals surface area (Å²) in [5, 5.41) is 3.88. The SMILES string of the molecule is CCOC(=O)c1cc(-c2ccccc2)sc1NC(=O)COc1c(-c2ccccc2Cl)oc2ccc(Cl)cc2c1=O. The second-order valence-corrected chi connectivity index (χ2v) is 10.4. The highest BCUT2D eigenvalue weighted by Crippen LogP contribution is 2.37. The maximum absolute atomic E-state index is 13.5. The second kappa shape index (κ2) is 12.0. The smallest absolute Gasteiger partial charge is 0.341 e. The van der Waals surface area contributed by atoms with Gasteiger partial charge in [-0.2, -0.15) is 0 Å². The van der Waals surface area contributed by atoms with Gasteiger partial charge in [0.25, 0.3) is 5.91 Å². The standard InChI is InChI=1S/C30H21Cl2NO6S/c1-2-37-30(36)21-15-24(17-8-4-3-5-9-17)40-29(21)33-25(34)16-38-28-26(35)20-14-18(31)12-13-23(20)39-27(28)19-10-6-7-11-22(19)32/h3-15H,2,16H2,1H3,(H,33,34). The normalized spacial score (nSPS) is 10.9. The van der Waals surface area contributed by atoms with Crippen LogP contribution in [0.4, 0.5) is 5.00 Å². The van der Waals surface area contributed by atoms with Crippen molar-refractivity contribution in [3.05, 3.63) is 105 Å². The monoisotopic (exact) mass is 593 g/mol. The van der Waals surface area contributed by atoms with Crippen molar-refractivity contribution in [1.29, 1.82) is 0 Å². The highest BCUT2D eigenvalue weighted by molar-refractivity contribution is 7.20. The van der Waals surface area contributed by atoms with Crippen molar-refractivity contribution in [3.8, 4) is 27.5 Å². The molecule has 0 saturated carbocycles. The number of hydrogen-bond acceptors (Lipinski definition) is 7. The molecule has 0 aliphatic carbocycles. The molecule has 40 heavy (non-hydrogen) atoms. The summed E-state index contributed by atoms with van der Waals surface area (Å²) in [6.07, 6.45) is 0. The van der Waals surface area contributed by atoms with Gasteiger partial charge in [-0.1, -0.05) is 65.7 Å².